The lowest BCUT2D eigenvalue weighted by molar-refractivity contribution is 0.305. The summed E-state index contributed by atoms with van der Waals surface area (Å²) in [4.78, 5) is 0.186. The fraction of sp³-hybridized carbons (Fsp3) is 0.500. The maximum absolute atomic E-state index is 12.5. The fourth-order valence-electron chi connectivity index (χ4n) is 1.63. The van der Waals surface area contributed by atoms with Gasteiger partial charge in [-0.1, -0.05) is 31.8 Å². The van der Waals surface area contributed by atoms with Crippen molar-refractivity contribution in [3.63, 3.8) is 0 Å². The minimum atomic E-state index is -3.60. The summed E-state index contributed by atoms with van der Waals surface area (Å²) in [6.07, 6.45) is 0.323. The molecular formula is C16H23NO3S. The van der Waals surface area contributed by atoms with Gasteiger partial charge in [0.15, 0.2) is 0 Å². The van der Waals surface area contributed by atoms with Gasteiger partial charge in [-0.3, -0.25) is 0 Å². The van der Waals surface area contributed by atoms with E-state index in [1.54, 1.807) is 18.2 Å². The number of aliphatic hydroxyl groups excluding tert-OH is 1. The van der Waals surface area contributed by atoms with E-state index in [1.165, 1.54) is 0 Å². The summed E-state index contributed by atoms with van der Waals surface area (Å²) >= 11 is 0. The summed E-state index contributed by atoms with van der Waals surface area (Å²) in [6, 6.07) is 4.92. The average Bonchev–Trinajstić information content (AvgIpc) is 2.38. The van der Waals surface area contributed by atoms with Gasteiger partial charge in [0, 0.05) is 18.0 Å². The van der Waals surface area contributed by atoms with Crippen LogP contribution in [-0.4, -0.2) is 26.2 Å². The highest BCUT2D eigenvalue weighted by Gasteiger charge is 2.21. The predicted octanol–water partition coefficient (Wildman–Crippen LogP) is 2.05. The zero-order valence-electron chi connectivity index (χ0n) is 13.0. The van der Waals surface area contributed by atoms with Crippen molar-refractivity contribution in [2.75, 3.05) is 6.61 Å². The number of hydrogen-bond donors (Lipinski definition) is 2. The van der Waals surface area contributed by atoms with Crippen LogP contribution in [0.2, 0.25) is 0 Å². The van der Waals surface area contributed by atoms with Gasteiger partial charge in [-0.2, -0.15) is 0 Å². The van der Waals surface area contributed by atoms with Gasteiger partial charge in [-0.25, -0.2) is 13.1 Å². The summed E-state index contributed by atoms with van der Waals surface area (Å²) in [7, 11) is -3.60. The second kappa shape index (κ2) is 7.60. The number of hydrogen-bond acceptors (Lipinski definition) is 3. The molecule has 0 aliphatic rings. The quantitative estimate of drug-likeness (QED) is 0.818. The highest BCUT2D eigenvalue weighted by atomic mass is 32.2. The number of rotatable bonds is 5. The fourth-order valence-corrected chi connectivity index (χ4v) is 3.17. The van der Waals surface area contributed by atoms with E-state index in [0.717, 1.165) is 5.56 Å². The van der Waals surface area contributed by atoms with Crippen LogP contribution in [0.25, 0.3) is 0 Å². The van der Waals surface area contributed by atoms with Crippen LogP contribution in [0.4, 0.5) is 0 Å². The lowest BCUT2D eigenvalue weighted by Gasteiger charge is -2.18. The number of nitrogens with one attached hydrogen (secondary N) is 1. The molecule has 0 aliphatic heterocycles. The van der Waals surface area contributed by atoms with Crippen LogP contribution >= 0.6 is 0 Å². The summed E-state index contributed by atoms with van der Waals surface area (Å²) < 4.78 is 27.6. The standard InChI is InChI=1S/C16H23NO3S/c1-12(2)14(4)17-21(19,20)16-9-8-13(3)11-15(16)7-5-6-10-18/h8-9,11-12,14,17-18H,6,10H2,1-4H3. The lowest BCUT2D eigenvalue weighted by Crippen LogP contribution is -2.36. The zero-order chi connectivity index (χ0) is 16.0. The average molecular weight is 309 g/mol. The van der Waals surface area contributed by atoms with Gasteiger partial charge in [0.2, 0.25) is 10.0 Å². The van der Waals surface area contributed by atoms with Gasteiger partial charge < -0.3 is 5.11 Å². The van der Waals surface area contributed by atoms with Gasteiger partial charge in [0.1, 0.15) is 0 Å². The molecule has 21 heavy (non-hydrogen) atoms. The van der Waals surface area contributed by atoms with E-state index in [0.29, 0.717) is 12.0 Å². The zero-order valence-corrected chi connectivity index (χ0v) is 13.8. The molecule has 5 heteroatoms. The van der Waals surface area contributed by atoms with Gasteiger partial charge >= 0.3 is 0 Å². The maximum Gasteiger partial charge on any atom is 0.242 e. The highest BCUT2D eigenvalue weighted by Crippen LogP contribution is 2.18. The predicted molar refractivity (Wildman–Crippen MR) is 84.4 cm³/mol. The van der Waals surface area contributed by atoms with Crippen molar-refractivity contribution in [1.82, 2.24) is 4.72 Å². The van der Waals surface area contributed by atoms with Crippen LogP contribution in [0.15, 0.2) is 23.1 Å². The molecule has 1 atom stereocenters. The van der Waals surface area contributed by atoms with E-state index >= 15 is 0 Å². The Kier molecular flexibility index (Phi) is 6.41. The first-order chi connectivity index (χ1) is 9.77. The van der Waals surface area contributed by atoms with Gasteiger partial charge in [-0.15, -0.1) is 0 Å². The van der Waals surface area contributed by atoms with Crippen molar-refractivity contribution in [2.24, 2.45) is 5.92 Å². The van der Waals surface area contributed by atoms with Crippen LogP contribution in [0.3, 0.4) is 0 Å². The molecule has 0 spiro atoms. The summed E-state index contributed by atoms with van der Waals surface area (Å²) in [6.45, 7) is 7.61. The third-order valence-corrected chi connectivity index (χ3v) is 4.84. The molecule has 0 saturated heterocycles. The normalized spacial score (nSPS) is 12.9. The molecule has 0 radical (unpaired) electrons. The minimum absolute atomic E-state index is 0.0382. The van der Waals surface area contributed by atoms with Gasteiger partial charge in [0.05, 0.1) is 11.5 Å². The molecule has 1 unspecified atom stereocenters. The minimum Gasteiger partial charge on any atom is -0.395 e. The Morgan fingerprint density at radius 2 is 1.95 bits per heavy atom. The summed E-state index contributed by atoms with van der Waals surface area (Å²) in [5, 5.41) is 8.77. The lowest BCUT2D eigenvalue weighted by atomic mass is 10.1. The first-order valence-electron chi connectivity index (χ1n) is 7.00. The van der Waals surface area contributed by atoms with Gasteiger partial charge in [0.25, 0.3) is 0 Å². The second-order valence-corrected chi connectivity index (χ2v) is 7.11. The Hall–Kier alpha value is -1.35. The molecule has 0 aromatic heterocycles. The van der Waals surface area contributed by atoms with Crippen LogP contribution in [0.5, 0.6) is 0 Å². The van der Waals surface area contributed by atoms with Crippen molar-refractivity contribution in [1.29, 1.82) is 0 Å². The van der Waals surface area contributed by atoms with Crippen molar-refractivity contribution >= 4 is 10.0 Å². The Morgan fingerprint density at radius 3 is 2.52 bits per heavy atom. The van der Waals surface area contributed by atoms with Crippen molar-refractivity contribution in [3.8, 4) is 11.8 Å². The number of aliphatic hydroxyl groups is 1. The Morgan fingerprint density at radius 1 is 1.29 bits per heavy atom. The third-order valence-electron chi connectivity index (χ3n) is 3.23. The van der Waals surface area contributed by atoms with Gasteiger partial charge in [-0.05, 0) is 37.5 Å². The van der Waals surface area contributed by atoms with Crippen LogP contribution < -0.4 is 4.72 Å². The Labute approximate surface area is 127 Å². The summed E-state index contributed by atoms with van der Waals surface area (Å²) in [5.74, 6) is 5.81. The molecule has 2 N–H and O–H groups in total. The molecule has 0 bridgehead atoms. The van der Waals surface area contributed by atoms with E-state index in [1.807, 2.05) is 27.7 Å². The summed E-state index contributed by atoms with van der Waals surface area (Å²) in [5.41, 5.74) is 1.41. The molecule has 1 rings (SSSR count). The van der Waals surface area contributed by atoms with Crippen LogP contribution in [0.1, 0.15) is 38.3 Å². The number of aryl methyl sites for hydroxylation is 1. The third kappa shape index (κ3) is 5.16. The molecule has 0 amide bonds. The van der Waals surface area contributed by atoms with E-state index in [9.17, 15) is 8.42 Å². The molecule has 0 heterocycles. The molecule has 116 valence electrons. The topological polar surface area (TPSA) is 66.4 Å². The SMILES string of the molecule is Cc1ccc(S(=O)(=O)NC(C)C(C)C)c(C#CCCO)c1. The van der Waals surface area contributed by atoms with Crippen LogP contribution in [-0.2, 0) is 10.0 Å². The molecular weight excluding hydrogens is 286 g/mol. The number of benzene rings is 1. The Bertz CT molecular complexity index is 639. The van der Waals surface area contributed by atoms with E-state index in [4.69, 9.17) is 5.11 Å². The highest BCUT2D eigenvalue weighted by molar-refractivity contribution is 7.89. The first-order valence-corrected chi connectivity index (χ1v) is 8.49. The first kappa shape index (κ1) is 17.7. The van der Waals surface area contributed by atoms with Crippen molar-refractivity contribution in [3.05, 3.63) is 29.3 Å². The smallest absolute Gasteiger partial charge is 0.242 e. The molecule has 0 aliphatic carbocycles. The molecule has 0 fully saturated rings. The Balaban J connectivity index is 3.20. The van der Waals surface area contributed by atoms with Crippen molar-refractivity contribution < 1.29 is 13.5 Å². The number of sulfonamides is 1. The van der Waals surface area contributed by atoms with Crippen LogP contribution in [0, 0.1) is 24.7 Å². The van der Waals surface area contributed by atoms with E-state index < -0.39 is 10.0 Å². The molecule has 1 aromatic rings. The van der Waals surface area contributed by atoms with E-state index in [-0.39, 0.29) is 23.5 Å². The molecule has 4 nitrogen and oxygen atoms in total. The second-order valence-electron chi connectivity index (χ2n) is 5.43. The largest absolute Gasteiger partial charge is 0.395 e. The maximum atomic E-state index is 12.5. The van der Waals surface area contributed by atoms with E-state index in [2.05, 4.69) is 16.6 Å². The monoisotopic (exact) mass is 309 g/mol. The molecule has 0 saturated carbocycles. The molecule has 1 aromatic carbocycles. The van der Waals surface area contributed by atoms with Crippen molar-refractivity contribution in [2.45, 2.75) is 45.1 Å².